The van der Waals surface area contributed by atoms with Gasteiger partial charge in [0.2, 0.25) is 0 Å². The van der Waals surface area contributed by atoms with Crippen LogP contribution in [0.3, 0.4) is 0 Å². The zero-order chi connectivity index (χ0) is 37.3. The number of benzene rings is 3. The number of hydrogen-bond donors (Lipinski definition) is 4. The number of imidazole rings is 2. The molecule has 0 radical (unpaired) electrons. The van der Waals surface area contributed by atoms with E-state index in [9.17, 15) is 4.39 Å². The van der Waals surface area contributed by atoms with Gasteiger partial charge in [-0.3, -0.25) is 0 Å². The molecule has 0 unspecified atom stereocenters. The molecule has 276 valence electrons. The van der Waals surface area contributed by atoms with Gasteiger partial charge in [0.1, 0.15) is 17.5 Å². The molecule has 3 aromatic carbocycles. The van der Waals surface area contributed by atoms with Crippen LogP contribution < -0.4 is 10.6 Å². The molecule has 0 bridgehead atoms. The third-order valence-corrected chi connectivity index (χ3v) is 11.1. The highest BCUT2D eigenvalue weighted by atomic mass is 79.9. The van der Waals surface area contributed by atoms with Gasteiger partial charge in [0, 0.05) is 42.4 Å². The van der Waals surface area contributed by atoms with E-state index in [1.54, 1.807) is 47.6 Å². The van der Waals surface area contributed by atoms with Gasteiger partial charge in [-0.15, -0.1) is 0 Å². The van der Waals surface area contributed by atoms with E-state index in [1.165, 1.54) is 49.4 Å². The molecule has 10 rings (SSSR count). The highest BCUT2D eigenvalue weighted by molar-refractivity contribution is 9.11. The van der Waals surface area contributed by atoms with Gasteiger partial charge in [-0.2, -0.15) is 19.2 Å². The van der Waals surface area contributed by atoms with Gasteiger partial charge in [0.15, 0.2) is 11.3 Å². The second kappa shape index (κ2) is 15.2. The van der Waals surface area contributed by atoms with E-state index < -0.39 is 0 Å². The summed E-state index contributed by atoms with van der Waals surface area (Å²) in [4.78, 5) is 24.3. The predicted octanol–water partition coefficient (Wildman–Crippen LogP) is 9.81. The van der Waals surface area contributed by atoms with Crippen molar-refractivity contribution in [3.05, 3.63) is 129 Å². The molecule has 0 atom stereocenters. The van der Waals surface area contributed by atoms with Gasteiger partial charge in [0.25, 0.3) is 0 Å². The van der Waals surface area contributed by atoms with Gasteiger partial charge in [-0.1, -0.05) is 43.5 Å². The number of hydrogen-bond acceptors (Lipinski definition) is 8. The zero-order valence-electron chi connectivity index (χ0n) is 29.5. The summed E-state index contributed by atoms with van der Waals surface area (Å²) >= 11 is 7.06. The number of aromatic amines is 2. The van der Waals surface area contributed by atoms with E-state index in [0.717, 1.165) is 60.4 Å². The Morgan fingerprint density at radius 3 is 1.89 bits per heavy atom. The lowest BCUT2D eigenvalue weighted by molar-refractivity contribution is 0.437. The highest BCUT2D eigenvalue weighted by Gasteiger charge is 2.20. The second-order valence-corrected chi connectivity index (χ2v) is 15.3. The Hall–Kier alpha value is -5.67. The average Bonchev–Trinajstić information content (AvgIpc) is 4.04. The number of fused-ring (bicyclic) bond motifs is 4. The van der Waals surface area contributed by atoms with Crippen LogP contribution in [0.1, 0.15) is 54.8 Å². The van der Waals surface area contributed by atoms with Crippen molar-refractivity contribution in [1.82, 2.24) is 49.1 Å². The molecule has 1 fully saturated rings. The van der Waals surface area contributed by atoms with Gasteiger partial charge >= 0.3 is 0 Å². The van der Waals surface area contributed by atoms with Crippen LogP contribution in [0.15, 0.2) is 107 Å². The minimum atomic E-state index is -0.314. The smallest absolute Gasteiger partial charge is 0.172 e. The standard InChI is InChI=1S/C20H14BrFN6.C20H21BrN6/c21-14-10-26-28-19(23-9-12-5-6-16-18(7-12)25-11-24-16)8-17(27-20(14)28)13-3-1-2-4-15(13)22;21-15-11-25-27-19(9-17(26-20(15)27)14-4-2-1-3-5-14)22-10-13-6-7-16-18(8-13)24-12-23-16/h1-8,10-11,23H,9H2,(H,24,25);6-9,11-12,14,22H,1-5,10H2,(H,23,24). The first-order chi connectivity index (χ1) is 27.0. The number of aromatic nitrogens is 10. The van der Waals surface area contributed by atoms with Gasteiger partial charge in [0.05, 0.1) is 61.8 Å². The zero-order valence-corrected chi connectivity index (χ0v) is 32.6. The summed E-state index contributed by atoms with van der Waals surface area (Å²) in [7, 11) is 0. The number of nitrogens with zero attached hydrogens (tertiary/aromatic N) is 8. The van der Waals surface area contributed by atoms with Crippen molar-refractivity contribution in [2.45, 2.75) is 51.1 Å². The summed E-state index contributed by atoms with van der Waals surface area (Å²) < 4.78 is 19.6. The fourth-order valence-electron chi connectivity index (χ4n) is 7.13. The quantitative estimate of drug-likeness (QED) is 0.118. The summed E-state index contributed by atoms with van der Waals surface area (Å²) in [6.45, 7) is 1.29. The molecule has 0 saturated heterocycles. The number of anilines is 2. The van der Waals surface area contributed by atoms with Gasteiger partial charge in [-0.25, -0.2) is 24.3 Å². The lowest BCUT2D eigenvalue weighted by Crippen LogP contribution is -2.11. The third kappa shape index (κ3) is 7.29. The first-order valence-electron chi connectivity index (χ1n) is 18.1. The lowest BCUT2D eigenvalue weighted by atomic mass is 9.87. The Morgan fingerprint density at radius 1 is 0.691 bits per heavy atom. The summed E-state index contributed by atoms with van der Waals surface area (Å²) in [5, 5.41) is 15.8. The van der Waals surface area contributed by atoms with Crippen molar-refractivity contribution in [1.29, 1.82) is 0 Å². The molecule has 1 aliphatic rings. The Labute approximate surface area is 331 Å². The van der Waals surface area contributed by atoms with Crippen molar-refractivity contribution in [3.8, 4) is 11.3 Å². The molecular weight excluding hydrogens is 827 g/mol. The molecule has 6 heterocycles. The van der Waals surface area contributed by atoms with Crippen LogP contribution >= 0.6 is 31.9 Å². The Kier molecular flexibility index (Phi) is 9.70. The largest absolute Gasteiger partial charge is 0.366 e. The number of nitrogens with one attached hydrogen (secondary N) is 4. The van der Waals surface area contributed by atoms with E-state index in [2.05, 4.69) is 95.8 Å². The minimum absolute atomic E-state index is 0.314. The summed E-state index contributed by atoms with van der Waals surface area (Å²) in [5.41, 5.74) is 9.88. The molecule has 9 aromatic rings. The molecule has 4 N–H and O–H groups in total. The maximum Gasteiger partial charge on any atom is 0.172 e. The Morgan fingerprint density at radius 2 is 1.27 bits per heavy atom. The van der Waals surface area contributed by atoms with Gasteiger partial charge in [-0.05, 0) is 92.2 Å². The SMILES string of the molecule is Brc1cnn2c(NCc3ccc4nc[nH]c4c3)cc(C3CCCCC3)nc12.Fc1ccccc1-c1cc(NCc2ccc3nc[nH]c3c2)n2ncc(Br)c2n1. The second-order valence-electron chi connectivity index (χ2n) is 13.6. The van der Waals surface area contributed by atoms with Crippen LogP contribution in [-0.4, -0.2) is 49.1 Å². The summed E-state index contributed by atoms with van der Waals surface area (Å²) in [6.07, 6.45) is 13.3. The fraction of sp³-hybridized carbons (Fsp3) is 0.200. The normalized spacial score (nSPS) is 13.4. The Bertz CT molecular complexity index is 2780. The van der Waals surface area contributed by atoms with E-state index in [-0.39, 0.29) is 5.82 Å². The topological polar surface area (TPSA) is 142 Å². The summed E-state index contributed by atoms with van der Waals surface area (Å²) in [5.74, 6) is 1.94. The molecule has 1 saturated carbocycles. The maximum absolute atomic E-state index is 14.3. The van der Waals surface area contributed by atoms with Crippen LogP contribution in [-0.2, 0) is 13.1 Å². The lowest BCUT2D eigenvalue weighted by Gasteiger charge is -2.22. The predicted molar refractivity (Wildman–Crippen MR) is 219 cm³/mol. The van der Waals surface area contributed by atoms with Crippen LogP contribution in [0.2, 0.25) is 0 Å². The monoisotopic (exact) mass is 860 g/mol. The minimum Gasteiger partial charge on any atom is -0.366 e. The Balaban J connectivity index is 0.000000144. The van der Waals surface area contributed by atoms with Crippen molar-refractivity contribution >= 4 is 76.9 Å². The molecule has 0 aliphatic heterocycles. The molecule has 12 nitrogen and oxygen atoms in total. The van der Waals surface area contributed by atoms with E-state index in [1.807, 2.05) is 35.0 Å². The van der Waals surface area contributed by atoms with Crippen LogP contribution in [0, 0.1) is 5.82 Å². The van der Waals surface area contributed by atoms with Crippen molar-refractivity contribution < 1.29 is 4.39 Å². The molecular formula is C40H35Br2FN12. The van der Waals surface area contributed by atoms with E-state index in [0.29, 0.717) is 29.4 Å². The molecule has 1 aliphatic carbocycles. The summed E-state index contributed by atoms with van der Waals surface area (Å²) in [6, 6.07) is 22.9. The van der Waals surface area contributed by atoms with Gasteiger partial charge < -0.3 is 20.6 Å². The number of H-pyrrole nitrogens is 2. The van der Waals surface area contributed by atoms with Crippen molar-refractivity contribution in [2.24, 2.45) is 0 Å². The third-order valence-electron chi connectivity index (χ3n) is 9.97. The van der Waals surface area contributed by atoms with E-state index >= 15 is 0 Å². The maximum atomic E-state index is 14.3. The molecule has 0 spiro atoms. The average molecular weight is 863 g/mol. The number of rotatable bonds is 8. The molecule has 15 heteroatoms. The highest BCUT2D eigenvalue weighted by Crippen LogP contribution is 2.34. The molecule has 6 aromatic heterocycles. The molecule has 0 amide bonds. The van der Waals surface area contributed by atoms with Crippen LogP contribution in [0.5, 0.6) is 0 Å². The van der Waals surface area contributed by atoms with Crippen LogP contribution in [0.25, 0.3) is 44.6 Å². The van der Waals surface area contributed by atoms with Crippen molar-refractivity contribution in [2.75, 3.05) is 10.6 Å². The van der Waals surface area contributed by atoms with Crippen LogP contribution in [0.4, 0.5) is 16.0 Å². The van der Waals surface area contributed by atoms with E-state index in [4.69, 9.17) is 4.98 Å². The molecule has 55 heavy (non-hydrogen) atoms. The fourth-order valence-corrected chi connectivity index (χ4v) is 7.82. The number of halogens is 3. The first kappa shape index (κ1) is 35.1. The first-order valence-corrected chi connectivity index (χ1v) is 19.7. The van der Waals surface area contributed by atoms with Crippen molar-refractivity contribution in [3.63, 3.8) is 0 Å².